The van der Waals surface area contributed by atoms with Crippen LogP contribution in [-0.2, 0) is 9.53 Å². The van der Waals surface area contributed by atoms with Crippen LogP contribution in [0, 0.1) is 10.1 Å². The van der Waals surface area contributed by atoms with Gasteiger partial charge in [-0.15, -0.1) is 0 Å². The number of benzene rings is 2. The van der Waals surface area contributed by atoms with Crippen LogP contribution in [0.1, 0.15) is 22.2 Å². The van der Waals surface area contributed by atoms with Gasteiger partial charge in [0.05, 0.1) is 4.92 Å². The third-order valence-corrected chi connectivity index (χ3v) is 3.76. The van der Waals surface area contributed by atoms with Crippen LogP contribution in [0.5, 0.6) is 0 Å². The predicted molar refractivity (Wildman–Crippen MR) is 94.6 cm³/mol. The molecule has 0 aliphatic rings. The summed E-state index contributed by atoms with van der Waals surface area (Å²) in [6.45, 7) is 0. The molecule has 3 aromatic rings. The van der Waals surface area contributed by atoms with Gasteiger partial charge in [0.1, 0.15) is 5.76 Å². The second kappa shape index (κ2) is 7.52. The maximum atomic E-state index is 12.3. The number of nitro benzene ring substituents is 1. The Morgan fingerprint density at radius 1 is 1.00 bits per heavy atom. The van der Waals surface area contributed by atoms with E-state index in [4.69, 9.17) is 14.9 Å². The smallest absolute Gasteiger partial charge is 0.375 e. The lowest BCUT2D eigenvalue weighted by molar-refractivity contribution is -0.384. The van der Waals surface area contributed by atoms with Crippen molar-refractivity contribution in [2.45, 2.75) is 6.10 Å². The monoisotopic (exact) mass is 366 g/mol. The first kappa shape index (κ1) is 17.9. The highest BCUT2D eigenvalue weighted by Crippen LogP contribution is 2.26. The molecule has 27 heavy (non-hydrogen) atoms. The van der Waals surface area contributed by atoms with Crippen LogP contribution < -0.4 is 5.73 Å². The van der Waals surface area contributed by atoms with Crippen molar-refractivity contribution >= 4 is 17.6 Å². The SMILES string of the molecule is NC(=O)C(OC(=O)c1ccc(-c2ccc([N+](=O)[O-])cc2)o1)c1ccccc1. The van der Waals surface area contributed by atoms with Crippen molar-refractivity contribution < 1.29 is 23.7 Å². The molecule has 3 rings (SSSR count). The fraction of sp³-hybridized carbons (Fsp3) is 0.0526. The van der Waals surface area contributed by atoms with Crippen LogP contribution in [0.25, 0.3) is 11.3 Å². The summed E-state index contributed by atoms with van der Waals surface area (Å²) in [5.74, 6) is -1.45. The van der Waals surface area contributed by atoms with Gasteiger partial charge in [-0.1, -0.05) is 30.3 Å². The average molecular weight is 366 g/mol. The summed E-state index contributed by atoms with van der Waals surface area (Å²) in [6, 6.07) is 17.0. The van der Waals surface area contributed by atoms with Gasteiger partial charge in [-0.2, -0.15) is 0 Å². The molecule has 136 valence electrons. The first-order chi connectivity index (χ1) is 13.0. The van der Waals surface area contributed by atoms with Gasteiger partial charge in [-0.3, -0.25) is 14.9 Å². The van der Waals surface area contributed by atoms with Crippen molar-refractivity contribution in [2.75, 3.05) is 0 Å². The Morgan fingerprint density at radius 2 is 1.67 bits per heavy atom. The van der Waals surface area contributed by atoms with Crippen LogP contribution in [-0.4, -0.2) is 16.8 Å². The molecule has 0 aliphatic heterocycles. The number of non-ortho nitro benzene ring substituents is 1. The molecule has 0 fully saturated rings. The number of carbonyl (C=O) groups excluding carboxylic acids is 2. The van der Waals surface area contributed by atoms with Crippen LogP contribution in [0.4, 0.5) is 5.69 Å². The van der Waals surface area contributed by atoms with E-state index in [1.807, 2.05) is 0 Å². The van der Waals surface area contributed by atoms with Crippen LogP contribution in [0.3, 0.4) is 0 Å². The third-order valence-electron chi connectivity index (χ3n) is 3.76. The number of ether oxygens (including phenoxy) is 1. The summed E-state index contributed by atoms with van der Waals surface area (Å²) in [5, 5.41) is 10.7. The second-order valence-electron chi connectivity index (χ2n) is 5.57. The van der Waals surface area contributed by atoms with Crippen molar-refractivity contribution in [3.63, 3.8) is 0 Å². The average Bonchev–Trinajstić information content (AvgIpc) is 3.17. The maximum Gasteiger partial charge on any atom is 0.375 e. The Balaban J connectivity index is 1.78. The number of nitrogens with zero attached hydrogens (tertiary/aromatic N) is 1. The lowest BCUT2D eigenvalue weighted by atomic mass is 10.1. The molecular formula is C19H14N2O6. The summed E-state index contributed by atoms with van der Waals surface area (Å²) >= 11 is 0. The van der Waals surface area contributed by atoms with Crippen molar-refractivity contribution in [1.82, 2.24) is 0 Å². The predicted octanol–water partition coefficient (Wildman–Crippen LogP) is 3.24. The zero-order chi connectivity index (χ0) is 19.4. The first-order valence-corrected chi connectivity index (χ1v) is 7.85. The zero-order valence-electron chi connectivity index (χ0n) is 13.9. The largest absolute Gasteiger partial charge is 0.449 e. The quantitative estimate of drug-likeness (QED) is 0.405. The summed E-state index contributed by atoms with van der Waals surface area (Å²) < 4.78 is 10.6. The second-order valence-corrected chi connectivity index (χ2v) is 5.57. The number of nitro groups is 1. The number of furan rings is 1. The van der Waals surface area contributed by atoms with Crippen molar-refractivity contribution in [3.05, 3.63) is 88.2 Å². The van der Waals surface area contributed by atoms with E-state index >= 15 is 0 Å². The highest BCUT2D eigenvalue weighted by molar-refractivity contribution is 5.90. The van der Waals surface area contributed by atoms with E-state index in [0.717, 1.165) is 0 Å². The van der Waals surface area contributed by atoms with Gasteiger partial charge in [-0.05, 0) is 24.3 Å². The number of nitrogens with two attached hydrogens (primary N) is 1. The minimum atomic E-state index is -1.24. The molecule has 0 bridgehead atoms. The molecule has 1 atom stereocenters. The summed E-state index contributed by atoms with van der Waals surface area (Å²) in [4.78, 5) is 34.1. The van der Waals surface area contributed by atoms with E-state index in [1.165, 1.54) is 36.4 Å². The fourth-order valence-electron chi connectivity index (χ4n) is 2.43. The lowest BCUT2D eigenvalue weighted by Crippen LogP contribution is -2.26. The van der Waals surface area contributed by atoms with Gasteiger partial charge in [0, 0.05) is 23.3 Å². The highest BCUT2D eigenvalue weighted by atomic mass is 16.6. The number of hydrogen-bond donors (Lipinski definition) is 1. The maximum absolute atomic E-state index is 12.3. The Morgan fingerprint density at radius 3 is 2.26 bits per heavy atom. The molecule has 0 saturated heterocycles. The normalized spacial score (nSPS) is 11.6. The van der Waals surface area contributed by atoms with Crippen LogP contribution in [0.2, 0.25) is 0 Å². The summed E-state index contributed by atoms with van der Waals surface area (Å²) in [6.07, 6.45) is -1.24. The Labute approximate surface area is 153 Å². The van der Waals surface area contributed by atoms with Gasteiger partial charge in [0.15, 0.2) is 0 Å². The highest BCUT2D eigenvalue weighted by Gasteiger charge is 2.25. The van der Waals surface area contributed by atoms with Gasteiger partial charge in [-0.25, -0.2) is 4.79 Å². The van der Waals surface area contributed by atoms with E-state index in [0.29, 0.717) is 16.9 Å². The topological polar surface area (TPSA) is 126 Å². The number of carbonyl (C=O) groups is 2. The number of esters is 1. The summed E-state index contributed by atoms with van der Waals surface area (Å²) in [5.41, 5.74) is 6.26. The molecule has 0 radical (unpaired) electrons. The lowest BCUT2D eigenvalue weighted by Gasteiger charge is -2.14. The molecular weight excluding hydrogens is 352 g/mol. The molecule has 1 heterocycles. The molecule has 0 saturated carbocycles. The van der Waals surface area contributed by atoms with Crippen molar-refractivity contribution in [3.8, 4) is 11.3 Å². The van der Waals surface area contributed by atoms with Gasteiger partial charge < -0.3 is 14.9 Å². The summed E-state index contributed by atoms with van der Waals surface area (Å²) in [7, 11) is 0. The number of hydrogen-bond acceptors (Lipinski definition) is 6. The molecule has 0 spiro atoms. The van der Waals surface area contributed by atoms with Gasteiger partial charge in [0.2, 0.25) is 11.9 Å². The Hall–Kier alpha value is -3.94. The minimum absolute atomic E-state index is 0.0582. The van der Waals surface area contributed by atoms with E-state index in [9.17, 15) is 19.7 Å². The van der Waals surface area contributed by atoms with E-state index in [2.05, 4.69) is 0 Å². The standard InChI is InChI=1S/C19H14N2O6/c20-18(22)17(13-4-2-1-3-5-13)27-19(23)16-11-10-15(26-16)12-6-8-14(9-7-12)21(24)25/h1-11,17H,(H2,20,22). The molecule has 0 aliphatic carbocycles. The van der Waals surface area contributed by atoms with Gasteiger partial charge in [0.25, 0.3) is 11.6 Å². The Kier molecular flexibility index (Phi) is 4.98. The zero-order valence-corrected chi connectivity index (χ0v) is 13.9. The molecule has 2 aromatic carbocycles. The molecule has 1 amide bonds. The molecule has 8 nitrogen and oxygen atoms in total. The Bertz CT molecular complexity index is 979. The number of amides is 1. The van der Waals surface area contributed by atoms with Crippen molar-refractivity contribution in [1.29, 1.82) is 0 Å². The van der Waals surface area contributed by atoms with Crippen LogP contribution >= 0.6 is 0 Å². The van der Waals surface area contributed by atoms with E-state index in [1.54, 1.807) is 30.3 Å². The molecule has 1 unspecified atom stereocenters. The molecule has 8 heteroatoms. The van der Waals surface area contributed by atoms with E-state index in [-0.39, 0.29) is 11.4 Å². The third kappa shape index (κ3) is 4.01. The number of primary amides is 1. The first-order valence-electron chi connectivity index (χ1n) is 7.85. The van der Waals surface area contributed by atoms with Crippen LogP contribution in [0.15, 0.2) is 71.1 Å². The fourth-order valence-corrected chi connectivity index (χ4v) is 2.43. The number of rotatable bonds is 6. The van der Waals surface area contributed by atoms with Crippen molar-refractivity contribution in [2.24, 2.45) is 5.73 Å². The van der Waals surface area contributed by atoms with Gasteiger partial charge >= 0.3 is 5.97 Å². The van der Waals surface area contributed by atoms with E-state index < -0.39 is 22.9 Å². The minimum Gasteiger partial charge on any atom is -0.449 e. The molecule has 2 N–H and O–H groups in total. The molecule has 1 aromatic heterocycles.